The Balaban J connectivity index is 2.00. The van der Waals surface area contributed by atoms with Crippen molar-refractivity contribution >= 4 is 22.7 Å². The second kappa shape index (κ2) is 6.71. The van der Waals surface area contributed by atoms with E-state index in [0.717, 1.165) is 5.52 Å². The summed E-state index contributed by atoms with van der Waals surface area (Å²) in [6, 6.07) is 12.2. The number of rotatable bonds is 4. The quantitative estimate of drug-likeness (QED) is 0.361. The molecule has 0 amide bonds. The molecule has 2 heterocycles. The highest BCUT2D eigenvalue weighted by atomic mass is 16.6. The fraction of sp³-hybridized carbons (Fsp3) is 0.300. The highest BCUT2D eigenvalue weighted by Crippen LogP contribution is 2.45. The fourth-order valence-electron chi connectivity index (χ4n) is 3.85. The van der Waals surface area contributed by atoms with Crippen LogP contribution in [0, 0.1) is 11.5 Å². The van der Waals surface area contributed by atoms with Gasteiger partial charge in [-0.3, -0.25) is 9.88 Å². The molecule has 4 N–H and O–H groups in total. The van der Waals surface area contributed by atoms with Crippen molar-refractivity contribution < 1.29 is 14.6 Å². The fourth-order valence-corrected chi connectivity index (χ4v) is 3.85. The lowest BCUT2D eigenvalue weighted by atomic mass is 9.85. The summed E-state index contributed by atoms with van der Waals surface area (Å²) in [5.74, 6) is 0.938. The minimum Gasteiger partial charge on any atom is -0.482 e. The van der Waals surface area contributed by atoms with Gasteiger partial charge in [0.15, 0.2) is 11.8 Å². The zero-order valence-corrected chi connectivity index (χ0v) is 15.6. The summed E-state index contributed by atoms with van der Waals surface area (Å²) in [4.78, 5) is 4.52. The molecule has 0 saturated heterocycles. The van der Waals surface area contributed by atoms with Gasteiger partial charge in [0.25, 0.3) is 0 Å². The second-order valence-corrected chi connectivity index (χ2v) is 7.07. The third-order valence-electron chi connectivity index (χ3n) is 5.09. The minimum atomic E-state index is -1.00. The SMILES string of the molecule is COC[C@@]1(C)Oc2ccc(N)cc2[C@H](n2c(NC#N)nc3ccccc32)[C@H]1O. The third kappa shape index (κ3) is 2.72. The first-order valence-corrected chi connectivity index (χ1v) is 8.86. The summed E-state index contributed by atoms with van der Waals surface area (Å²) in [5.41, 5.74) is 7.77. The number of methoxy groups -OCH3 is 1. The Hall–Kier alpha value is -3.28. The number of imidazole rings is 1. The molecule has 8 nitrogen and oxygen atoms in total. The molecule has 0 fully saturated rings. The molecule has 0 radical (unpaired) electrons. The van der Waals surface area contributed by atoms with Gasteiger partial charge in [-0.2, -0.15) is 5.26 Å². The van der Waals surface area contributed by atoms with Gasteiger partial charge >= 0.3 is 0 Å². The van der Waals surface area contributed by atoms with Crippen molar-refractivity contribution in [2.24, 2.45) is 0 Å². The van der Waals surface area contributed by atoms with Crippen LogP contribution < -0.4 is 15.8 Å². The number of anilines is 2. The number of benzene rings is 2. The van der Waals surface area contributed by atoms with Crippen molar-refractivity contribution in [3.8, 4) is 11.9 Å². The van der Waals surface area contributed by atoms with E-state index in [0.29, 0.717) is 28.5 Å². The van der Waals surface area contributed by atoms with Crippen LogP contribution in [0.4, 0.5) is 11.6 Å². The zero-order chi connectivity index (χ0) is 19.9. The Kier molecular flexibility index (Phi) is 4.34. The number of para-hydroxylation sites is 2. The number of aromatic nitrogens is 2. The van der Waals surface area contributed by atoms with Gasteiger partial charge in [0.05, 0.1) is 23.7 Å². The van der Waals surface area contributed by atoms with Crippen LogP contribution in [0.15, 0.2) is 42.5 Å². The molecule has 0 spiro atoms. The molecule has 0 bridgehead atoms. The van der Waals surface area contributed by atoms with Gasteiger partial charge in [-0.1, -0.05) is 12.1 Å². The molecule has 3 aromatic rings. The number of nitrogens with two attached hydrogens (primary N) is 1. The average molecular weight is 379 g/mol. The monoisotopic (exact) mass is 379 g/mol. The first-order chi connectivity index (χ1) is 13.5. The number of aliphatic hydroxyl groups excluding tert-OH is 1. The van der Waals surface area contributed by atoms with E-state index in [1.165, 1.54) is 0 Å². The van der Waals surface area contributed by atoms with Gasteiger partial charge in [0.1, 0.15) is 11.9 Å². The van der Waals surface area contributed by atoms with Crippen molar-refractivity contribution in [2.45, 2.75) is 24.7 Å². The topological polar surface area (TPSA) is 118 Å². The number of hydrogen-bond acceptors (Lipinski definition) is 7. The summed E-state index contributed by atoms with van der Waals surface area (Å²) >= 11 is 0. The molecule has 3 atom stereocenters. The van der Waals surface area contributed by atoms with E-state index in [2.05, 4.69) is 10.3 Å². The Morgan fingerprint density at radius 2 is 2.18 bits per heavy atom. The maximum Gasteiger partial charge on any atom is 0.217 e. The van der Waals surface area contributed by atoms with Crippen molar-refractivity contribution in [1.29, 1.82) is 5.26 Å². The molecule has 28 heavy (non-hydrogen) atoms. The van der Waals surface area contributed by atoms with Crippen LogP contribution in [0.25, 0.3) is 11.0 Å². The van der Waals surface area contributed by atoms with Gasteiger partial charge in [0, 0.05) is 18.4 Å². The molecular weight excluding hydrogens is 358 g/mol. The van der Waals surface area contributed by atoms with E-state index in [4.69, 9.17) is 15.2 Å². The molecule has 1 aliphatic rings. The number of fused-ring (bicyclic) bond motifs is 2. The lowest BCUT2D eigenvalue weighted by molar-refractivity contribution is -0.108. The molecule has 144 valence electrons. The highest BCUT2D eigenvalue weighted by Gasteiger charge is 2.48. The first-order valence-electron chi connectivity index (χ1n) is 8.86. The van der Waals surface area contributed by atoms with E-state index < -0.39 is 17.7 Å². The summed E-state index contributed by atoms with van der Waals surface area (Å²) in [7, 11) is 1.56. The minimum absolute atomic E-state index is 0.183. The Labute approximate surface area is 162 Å². The van der Waals surface area contributed by atoms with Gasteiger partial charge < -0.3 is 20.3 Å². The Bertz CT molecular complexity index is 1070. The number of nitrogens with one attached hydrogen (secondary N) is 1. The van der Waals surface area contributed by atoms with Crippen molar-refractivity contribution in [2.75, 3.05) is 24.8 Å². The predicted molar refractivity (Wildman–Crippen MR) is 105 cm³/mol. The number of nitrogens with zero attached hydrogens (tertiary/aromatic N) is 3. The van der Waals surface area contributed by atoms with Gasteiger partial charge in [0.2, 0.25) is 5.95 Å². The van der Waals surface area contributed by atoms with Crippen molar-refractivity contribution in [3.63, 3.8) is 0 Å². The van der Waals surface area contributed by atoms with Gasteiger partial charge in [-0.15, -0.1) is 0 Å². The molecule has 1 aliphatic heterocycles. The maximum absolute atomic E-state index is 11.4. The van der Waals surface area contributed by atoms with Gasteiger partial charge in [-0.05, 0) is 37.3 Å². The largest absolute Gasteiger partial charge is 0.482 e. The van der Waals surface area contributed by atoms with Crippen LogP contribution in [0.2, 0.25) is 0 Å². The number of nitrogen functional groups attached to an aromatic ring is 1. The normalized spacial score (nSPS) is 23.6. The van der Waals surface area contributed by atoms with E-state index in [1.807, 2.05) is 35.0 Å². The number of hydrogen-bond donors (Lipinski definition) is 3. The molecule has 4 rings (SSSR count). The zero-order valence-electron chi connectivity index (χ0n) is 15.6. The Morgan fingerprint density at radius 1 is 1.39 bits per heavy atom. The van der Waals surface area contributed by atoms with E-state index in [-0.39, 0.29) is 6.61 Å². The number of aliphatic hydroxyl groups is 1. The summed E-state index contributed by atoms with van der Waals surface area (Å²) in [5, 5.41) is 23.2. The first kappa shape index (κ1) is 18.1. The molecule has 0 aliphatic carbocycles. The standard InChI is InChI=1S/C20H21N5O3/c1-20(10-27-2)18(26)17(13-9-12(22)7-8-16(13)28-20)25-15-6-4-3-5-14(15)24-19(25)23-11-21/h3-9,17-18,26H,10,22H2,1-2H3,(H,23,24)/t17-,18+,20+/m0/s1. The molecule has 0 unspecified atom stereocenters. The summed E-state index contributed by atoms with van der Waals surface area (Å²) in [6.45, 7) is 1.98. The van der Waals surface area contributed by atoms with Crippen molar-refractivity contribution in [1.82, 2.24) is 9.55 Å². The average Bonchev–Trinajstić information content (AvgIpc) is 3.02. The molecule has 8 heteroatoms. The molecular formula is C20H21N5O3. The van der Waals surface area contributed by atoms with Crippen LogP contribution in [0.3, 0.4) is 0 Å². The lowest BCUT2D eigenvalue weighted by Crippen LogP contribution is -2.55. The van der Waals surface area contributed by atoms with Crippen LogP contribution in [-0.4, -0.2) is 40.1 Å². The lowest BCUT2D eigenvalue weighted by Gasteiger charge is -2.44. The van der Waals surface area contributed by atoms with Crippen molar-refractivity contribution in [3.05, 3.63) is 48.0 Å². The smallest absolute Gasteiger partial charge is 0.217 e. The molecule has 1 aromatic heterocycles. The van der Waals surface area contributed by atoms with Crippen LogP contribution >= 0.6 is 0 Å². The third-order valence-corrected chi connectivity index (χ3v) is 5.09. The predicted octanol–water partition coefficient (Wildman–Crippen LogP) is 2.26. The molecule has 2 aromatic carbocycles. The summed E-state index contributed by atoms with van der Waals surface area (Å²) in [6.07, 6.45) is 0.938. The van der Waals surface area contributed by atoms with Gasteiger partial charge in [-0.25, -0.2) is 4.98 Å². The van der Waals surface area contributed by atoms with Crippen LogP contribution in [0.1, 0.15) is 18.5 Å². The number of nitriles is 1. The maximum atomic E-state index is 11.4. The highest BCUT2D eigenvalue weighted by molar-refractivity contribution is 5.79. The van der Waals surface area contributed by atoms with Crippen LogP contribution in [-0.2, 0) is 4.74 Å². The Morgan fingerprint density at radius 3 is 2.93 bits per heavy atom. The van der Waals surface area contributed by atoms with E-state index >= 15 is 0 Å². The number of ether oxygens (including phenoxy) is 2. The van der Waals surface area contributed by atoms with E-state index in [9.17, 15) is 10.4 Å². The molecule has 0 saturated carbocycles. The second-order valence-electron chi connectivity index (χ2n) is 7.07. The van der Waals surface area contributed by atoms with Crippen LogP contribution in [0.5, 0.6) is 5.75 Å². The van der Waals surface area contributed by atoms with E-state index in [1.54, 1.807) is 32.2 Å². The summed E-state index contributed by atoms with van der Waals surface area (Å²) < 4.78 is 13.3.